The van der Waals surface area contributed by atoms with Crippen LogP contribution in [0.15, 0.2) is 24.3 Å². The van der Waals surface area contributed by atoms with Crippen molar-refractivity contribution in [1.29, 1.82) is 0 Å². The standard InChI is InChI=1S/C15H18ClNO3/c1-11(18)9-13-3-2-8-17(13)15(19)10-20-14-6-4-12(16)5-7-14/h4-7,13H,2-3,8-10H2,1H3. The highest BCUT2D eigenvalue weighted by atomic mass is 35.5. The fourth-order valence-electron chi connectivity index (χ4n) is 2.47. The van der Waals surface area contributed by atoms with E-state index in [1.54, 1.807) is 36.1 Å². The predicted octanol–water partition coefficient (Wildman–Crippen LogP) is 2.69. The number of amides is 1. The Bertz CT molecular complexity index is 486. The largest absolute Gasteiger partial charge is 0.484 e. The highest BCUT2D eigenvalue weighted by molar-refractivity contribution is 6.30. The maximum absolute atomic E-state index is 12.1. The van der Waals surface area contributed by atoms with Crippen LogP contribution in [-0.2, 0) is 9.59 Å². The van der Waals surface area contributed by atoms with E-state index in [9.17, 15) is 9.59 Å². The molecule has 20 heavy (non-hydrogen) atoms. The molecule has 0 aliphatic carbocycles. The number of rotatable bonds is 5. The van der Waals surface area contributed by atoms with Gasteiger partial charge in [-0.3, -0.25) is 9.59 Å². The van der Waals surface area contributed by atoms with Crippen LogP contribution in [0.25, 0.3) is 0 Å². The summed E-state index contributed by atoms with van der Waals surface area (Å²) >= 11 is 5.78. The van der Waals surface area contributed by atoms with Crippen molar-refractivity contribution in [3.05, 3.63) is 29.3 Å². The van der Waals surface area contributed by atoms with Gasteiger partial charge in [0, 0.05) is 24.0 Å². The number of carbonyl (C=O) groups is 2. The van der Waals surface area contributed by atoms with Crippen LogP contribution < -0.4 is 4.74 Å². The fourth-order valence-corrected chi connectivity index (χ4v) is 2.59. The molecule has 1 fully saturated rings. The molecule has 1 aromatic carbocycles. The molecular formula is C15H18ClNO3. The van der Waals surface area contributed by atoms with Crippen LogP contribution in [0.2, 0.25) is 5.02 Å². The summed E-state index contributed by atoms with van der Waals surface area (Å²) in [7, 11) is 0. The van der Waals surface area contributed by atoms with Crippen molar-refractivity contribution in [1.82, 2.24) is 4.90 Å². The zero-order valence-corrected chi connectivity index (χ0v) is 12.2. The van der Waals surface area contributed by atoms with Crippen LogP contribution in [0.1, 0.15) is 26.2 Å². The van der Waals surface area contributed by atoms with Gasteiger partial charge in [-0.05, 0) is 44.0 Å². The Balaban J connectivity index is 1.87. The Kier molecular flexibility index (Phi) is 5.01. The number of likely N-dealkylation sites (tertiary alicyclic amines) is 1. The molecule has 5 heteroatoms. The molecule has 1 aromatic rings. The molecule has 1 unspecified atom stereocenters. The normalized spacial score (nSPS) is 18.1. The molecule has 1 aliphatic rings. The molecule has 0 bridgehead atoms. The summed E-state index contributed by atoms with van der Waals surface area (Å²) in [5.41, 5.74) is 0. The van der Waals surface area contributed by atoms with Gasteiger partial charge >= 0.3 is 0 Å². The van der Waals surface area contributed by atoms with E-state index in [0.29, 0.717) is 23.7 Å². The lowest BCUT2D eigenvalue weighted by Crippen LogP contribution is -2.39. The van der Waals surface area contributed by atoms with E-state index in [1.807, 2.05) is 0 Å². The molecule has 1 amide bonds. The first-order valence-corrected chi connectivity index (χ1v) is 7.11. The molecular weight excluding hydrogens is 278 g/mol. The van der Waals surface area contributed by atoms with Crippen molar-refractivity contribution in [3.8, 4) is 5.75 Å². The van der Waals surface area contributed by atoms with E-state index in [-0.39, 0.29) is 24.3 Å². The van der Waals surface area contributed by atoms with E-state index in [2.05, 4.69) is 0 Å². The summed E-state index contributed by atoms with van der Waals surface area (Å²) < 4.78 is 5.45. The minimum absolute atomic E-state index is 0.00393. The Labute approximate surface area is 123 Å². The average molecular weight is 296 g/mol. The Morgan fingerprint density at radius 1 is 1.35 bits per heavy atom. The van der Waals surface area contributed by atoms with Gasteiger partial charge in [0.1, 0.15) is 11.5 Å². The van der Waals surface area contributed by atoms with Gasteiger partial charge in [-0.25, -0.2) is 0 Å². The monoisotopic (exact) mass is 295 g/mol. The van der Waals surface area contributed by atoms with E-state index < -0.39 is 0 Å². The number of benzene rings is 1. The van der Waals surface area contributed by atoms with E-state index in [1.165, 1.54) is 0 Å². The number of ketones is 1. The van der Waals surface area contributed by atoms with Crippen LogP contribution >= 0.6 is 11.6 Å². The maximum atomic E-state index is 12.1. The van der Waals surface area contributed by atoms with Crippen molar-refractivity contribution < 1.29 is 14.3 Å². The first kappa shape index (κ1) is 14.9. The van der Waals surface area contributed by atoms with Crippen LogP contribution in [-0.4, -0.2) is 35.8 Å². The van der Waals surface area contributed by atoms with Crippen LogP contribution in [0.5, 0.6) is 5.75 Å². The lowest BCUT2D eigenvalue weighted by Gasteiger charge is -2.23. The second-order valence-electron chi connectivity index (χ2n) is 5.03. The quantitative estimate of drug-likeness (QED) is 0.839. The third-order valence-corrected chi connectivity index (χ3v) is 3.65. The van der Waals surface area contributed by atoms with Crippen LogP contribution in [0.3, 0.4) is 0 Å². The Morgan fingerprint density at radius 2 is 2.05 bits per heavy atom. The molecule has 0 spiro atoms. The van der Waals surface area contributed by atoms with Crippen molar-refractivity contribution in [2.45, 2.75) is 32.2 Å². The Morgan fingerprint density at radius 3 is 2.70 bits per heavy atom. The zero-order chi connectivity index (χ0) is 14.5. The van der Waals surface area contributed by atoms with E-state index >= 15 is 0 Å². The average Bonchev–Trinajstić information content (AvgIpc) is 2.85. The molecule has 1 saturated heterocycles. The van der Waals surface area contributed by atoms with Gasteiger partial charge in [0.2, 0.25) is 0 Å². The van der Waals surface area contributed by atoms with Crippen molar-refractivity contribution in [2.75, 3.05) is 13.2 Å². The second kappa shape index (κ2) is 6.75. The molecule has 1 heterocycles. The van der Waals surface area contributed by atoms with Crippen LogP contribution in [0, 0.1) is 0 Å². The number of hydrogen-bond donors (Lipinski definition) is 0. The number of carbonyl (C=O) groups excluding carboxylic acids is 2. The van der Waals surface area contributed by atoms with Crippen molar-refractivity contribution >= 4 is 23.3 Å². The maximum Gasteiger partial charge on any atom is 0.260 e. The first-order chi connectivity index (χ1) is 9.56. The number of ether oxygens (including phenoxy) is 1. The second-order valence-corrected chi connectivity index (χ2v) is 5.47. The topological polar surface area (TPSA) is 46.6 Å². The molecule has 0 saturated carbocycles. The van der Waals surface area contributed by atoms with Gasteiger partial charge in [0.15, 0.2) is 6.61 Å². The van der Waals surface area contributed by atoms with Gasteiger partial charge in [-0.2, -0.15) is 0 Å². The van der Waals surface area contributed by atoms with Gasteiger partial charge in [-0.1, -0.05) is 11.6 Å². The van der Waals surface area contributed by atoms with E-state index in [0.717, 1.165) is 12.8 Å². The smallest absolute Gasteiger partial charge is 0.260 e. The van der Waals surface area contributed by atoms with Gasteiger partial charge < -0.3 is 9.64 Å². The molecule has 108 valence electrons. The molecule has 0 N–H and O–H groups in total. The lowest BCUT2D eigenvalue weighted by molar-refractivity contribution is -0.134. The van der Waals surface area contributed by atoms with Gasteiger partial charge in [-0.15, -0.1) is 0 Å². The Hall–Kier alpha value is -1.55. The lowest BCUT2D eigenvalue weighted by atomic mass is 10.1. The van der Waals surface area contributed by atoms with Crippen molar-refractivity contribution in [2.24, 2.45) is 0 Å². The van der Waals surface area contributed by atoms with Gasteiger partial charge in [0.05, 0.1) is 0 Å². The number of halogens is 1. The molecule has 4 nitrogen and oxygen atoms in total. The number of Topliss-reactive ketones (excluding diaryl/α,β-unsaturated/α-hetero) is 1. The summed E-state index contributed by atoms with van der Waals surface area (Å²) in [5.74, 6) is 0.669. The van der Waals surface area contributed by atoms with Gasteiger partial charge in [0.25, 0.3) is 5.91 Å². The zero-order valence-electron chi connectivity index (χ0n) is 11.5. The third kappa shape index (κ3) is 3.97. The SMILES string of the molecule is CC(=O)CC1CCCN1C(=O)COc1ccc(Cl)cc1. The highest BCUT2D eigenvalue weighted by Crippen LogP contribution is 2.21. The highest BCUT2D eigenvalue weighted by Gasteiger charge is 2.29. The number of hydrogen-bond acceptors (Lipinski definition) is 3. The summed E-state index contributed by atoms with van der Waals surface area (Å²) in [6.07, 6.45) is 2.28. The fraction of sp³-hybridized carbons (Fsp3) is 0.467. The van der Waals surface area contributed by atoms with Crippen molar-refractivity contribution in [3.63, 3.8) is 0 Å². The summed E-state index contributed by atoms with van der Waals surface area (Å²) in [5, 5.41) is 0.629. The molecule has 0 aromatic heterocycles. The molecule has 0 radical (unpaired) electrons. The predicted molar refractivity (Wildman–Crippen MR) is 77.0 cm³/mol. The third-order valence-electron chi connectivity index (χ3n) is 3.40. The number of nitrogens with zero attached hydrogens (tertiary/aromatic N) is 1. The summed E-state index contributed by atoms with van der Waals surface area (Å²) in [4.78, 5) is 25.1. The first-order valence-electron chi connectivity index (χ1n) is 6.73. The van der Waals surface area contributed by atoms with Crippen LogP contribution in [0.4, 0.5) is 0 Å². The molecule has 2 rings (SSSR count). The minimum atomic E-state index is -0.0660. The molecule has 1 aliphatic heterocycles. The van der Waals surface area contributed by atoms with E-state index in [4.69, 9.17) is 16.3 Å². The summed E-state index contributed by atoms with van der Waals surface area (Å²) in [6, 6.07) is 6.93. The minimum Gasteiger partial charge on any atom is -0.484 e. The molecule has 1 atom stereocenters. The summed E-state index contributed by atoms with van der Waals surface area (Å²) in [6.45, 7) is 2.27.